The number of hydrogen-bond donors (Lipinski definition) is 1. The summed E-state index contributed by atoms with van der Waals surface area (Å²) in [4.78, 5) is 24.2. The highest BCUT2D eigenvalue weighted by Gasteiger charge is 2.27. The van der Waals surface area contributed by atoms with Crippen LogP contribution in [0, 0.1) is 5.92 Å². The zero-order valence-corrected chi connectivity index (χ0v) is 18.0. The molecule has 1 aliphatic rings. The van der Waals surface area contributed by atoms with E-state index in [4.69, 9.17) is 10.7 Å². The van der Waals surface area contributed by atoms with Crippen LogP contribution in [0.5, 0.6) is 0 Å². The number of aromatic nitrogens is 2. The van der Waals surface area contributed by atoms with Gasteiger partial charge in [-0.05, 0) is 49.9 Å². The summed E-state index contributed by atoms with van der Waals surface area (Å²) in [6, 6.07) is 13.7. The van der Waals surface area contributed by atoms with Gasteiger partial charge in [0.1, 0.15) is 0 Å². The van der Waals surface area contributed by atoms with E-state index < -0.39 is 0 Å². The maximum atomic E-state index is 13.4. The number of fused-ring (bicyclic) bond motifs is 1. The molecule has 0 bridgehead atoms. The van der Waals surface area contributed by atoms with Gasteiger partial charge < -0.3 is 10.6 Å². The summed E-state index contributed by atoms with van der Waals surface area (Å²) in [7, 11) is 0. The lowest BCUT2D eigenvalue weighted by Crippen LogP contribution is -2.45. The predicted octanol–water partition coefficient (Wildman–Crippen LogP) is 4.34. The zero-order chi connectivity index (χ0) is 18.8. The van der Waals surface area contributed by atoms with Crippen LogP contribution < -0.4 is 5.73 Å². The van der Waals surface area contributed by atoms with Gasteiger partial charge in [-0.25, -0.2) is 4.98 Å². The van der Waals surface area contributed by atoms with Gasteiger partial charge in [0, 0.05) is 42.5 Å². The summed E-state index contributed by atoms with van der Waals surface area (Å²) in [5, 5.41) is 0.892. The molecule has 1 fully saturated rings. The molecular formula is C22H26Cl2N4O. The Morgan fingerprint density at radius 2 is 1.90 bits per heavy atom. The summed E-state index contributed by atoms with van der Waals surface area (Å²) < 4.78 is 0. The van der Waals surface area contributed by atoms with Crippen molar-refractivity contribution in [3.8, 4) is 11.3 Å². The monoisotopic (exact) mass is 432 g/mol. The number of carbonyl (C=O) groups is 1. The van der Waals surface area contributed by atoms with E-state index in [1.54, 1.807) is 12.4 Å². The second-order valence-corrected chi connectivity index (χ2v) is 7.32. The lowest BCUT2D eigenvalue weighted by molar-refractivity contribution is 0.0663. The first-order chi connectivity index (χ1) is 13.1. The molecule has 7 heteroatoms. The van der Waals surface area contributed by atoms with Crippen LogP contribution in [0.3, 0.4) is 0 Å². The van der Waals surface area contributed by atoms with Crippen LogP contribution in [-0.2, 0) is 0 Å². The normalized spacial score (nSPS) is 17.2. The van der Waals surface area contributed by atoms with Gasteiger partial charge in [0.2, 0.25) is 0 Å². The van der Waals surface area contributed by atoms with E-state index in [-0.39, 0.29) is 36.8 Å². The molecule has 1 amide bonds. The van der Waals surface area contributed by atoms with Gasteiger partial charge in [-0.15, -0.1) is 24.8 Å². The summed E-state index contributed by atoms with van der Waals surface area (Å²) >= 11 is 0. The molecular weight excluding hydrogens is 407 g/mol. The Balaban J connectivity index is 0.00000150. The third-order valence-corrected chi connectivity index (χ3v) is 5.41. The molecule has 1 aliphatic heterocycles. The molecule has 154 valence electrons. The Kier molecular flexibility index (Phi) is 7.96. The number of likely N-dealkylation sites (tertiary alicyclic amines) is 1. The van der Waals surface area contributed by atoms with Crippen molar-refractivity contribution in [2.24, 2.45) is 11.7 Å². The van der Waals surface area contributed by atoms with Crippen molar-refractivity contribution in [1.29, 1.82) is 0 Å². The Hall–Kier alpha value is -2.21. The fraction of sp³-hybridized carbons (Fsp3) is 0.318. The Morgan fingerprint density at radius 1 is 1.17 bits per heavy atom. The lowest BCUT2D eigenvalue weighted by Gasteiger charge is -2.35. The maximum absolute atomic E-state index is 13.4. The summed E-state index contributed by atoms with van der Waals surface area (Å²) in [6.07, 6.45) is 5.57. The SMILES string of the molecule is CC(N)C1CCCN(C(=O)c2cc(-c3ccncc3)nc3ccccc23)C1.Cl.Cl. The van der Waals surface area contributed by atoms with Crippen LogP contribution in [0.4, 0.5) is 0 Å². The molecule has 5 nitrogen and oxygen atoms in total. The number of carbonyl (C=O) groups excluding carboxylic acids is 1. The molecule has 3 heterocycles. The van der Waals surface area contributed by atoms with E-state index in [0.717, 1.165) is 48.1 Å². The standard InChI is InChI=1S/C22H24N4O.2ClH/c1-15(23)17-5-4-12-26(14-17)22(27)19-13-21(16-8-10-24-11-9-16)25-20-7-3-2-6-18(19)20;;/h2-3,6-11,13,15,17H,4-5,12,14,23H2,1H3;2*1H. The van der Waals surface area contributed by atoms with Gasteiger partial charge in [-0.3, -0.25) is 9.78 Å². The molecule has 2 N–H and O–H groups in total. The number of nitrogens with zero attached hydrogens (tertiary/aromatic N) is 3. The van der Waals surface area contributed by atoms with Crippen molar-refractivity contribution in [1.82, 2.24) is 14.9 Å². The fourth-order valence-corrected chi connectivity index (χ4v) is 3.82. The number of nitrogens with two attached hydrogens (primary N) is 1. The number of para-hydroxylation sites is 1. The number of benzene rings is 1. The quantitative estimate of drug-likeness (QED) is 0.667. The van der Waals surface area contributed by atoms with Crippen molar-refractivity contribution in [2.75, 3.05) is 13.1 Å². The average molecular weight is 433 g/mol. The first-order valence-corrected chi connectivity index (χ1v) is 9.48. The molecule has 1 saturated heterocycles. The van der Waals surface area contributed by atoms with Gasteiger partial charge >= 0.3 is 0 Å². The van der Waals surface area contributed by atoms with Gasteiger partial charge in [0.15, 0.2) is 0 Å². The van der Waals surface area contributed by atoms with Crippen LogP contribution in [0.15, 0.2) is 54.9 Å². The minimum atomic E-state index is 0. The number of pyridine rings is 2. The Bertz CT molecular complexity index is 965. The van der Waals surface area contributed by atoms with E-state index in [1.165, 1.54) is 0 Å². The highest BCUT2D eigenvalue weighted by Crippen LogP contribution is 2.27. The van der Waals surface area contributed by atoms with Crippen LogP contribution in [0.2, 0.25) is 0 Å². The topological polar surface area (TPSA) is 72.1 Å². The molecule has 0 radical (unpaired) electrons. The zero-order valence-electron chi connectivity index (χ0n) is 16.3. The molecule has 3 aromatic rings. The van der Waals surface area contributed by atoms with Crippen molar-refractivity contribution >= 4 is 41.6 Å². The highest BCUT2D eigenvalue weighted by molar-refractivity contribution is 6.07. The first-order valence-electron chi connectivity index (χ1n) is 9.48. The number of piperidine rings is 1. The van der Waals surface area contributed by atoms with Crippen molar-refractivity contribution < 1.29 is 4.79 Å². The van der Waals surface area contributed by atoms with E-state index in [9.17, 15) is 4.79 Å². The van der Waals surface area contributed by atoms with Crippen molar-refractivity contribution in [3.05, 3.63) is 60.4 Å². The second kappa shape index (κ2) is 10.0. The van der Waals surface area contributed by atoms with E-state index in [1.807, 2.05) is 54.3 Å². The molecule has 0 spiro atoms. The minimum Gasteiger partial charge on any atom is -0.338 e. The third kappa shape index (κ3) is 4.86. The summed E-state index contributed by atoms with van der Waals surface area (Å²) in [6.45, 7) is 3.53. The molecule has 29 heavy (non-hydrogen) atoms. The maximum Gasteiger partial charge on any atom is 0.254 e. The number of amides is 1. The molecule has 4 rings (SSSR count). The van der Waals surface area contributed by atoms with Gasteiger partial charge in [0.25, 0.3) is 5.91 Å². The minimum absolute atomic E-state index is 0. The molecule has 1 aromatic carbocycles. The summed E-state index contributed by atoms with van der Waals surface area (Å²) in [5.41, 5.74) is 9.39. The van der Waals surface area contributed by atoms with Crippen LogP contribution in [0.1, 0.15) is 30.1 Å². The number of rotatable bonds is 3. The fourth-order valence-electron chi connectivity index (χ4n) is 3.82. The summed E-state index contributed by atoms with van der Waals surface area (Å²) in [5.74, 6) is 0.421. The van der Waals surface area contributed by atoms with E-state index in [0.29, 0.717) is 11.5 Å². The van der Waals surface area contributed by atoms with Crippen LogP contribution in [0.25, 0.3) is 22.2 Å². The first kappa shape index (κ1) is 23.1. The smallest absolute Gasteiger partial charge is 0.254 e. The van der Waals surface area contributed by atoms with Gasteiger partial charge in [0.05, 0.1) is 16.8 Å². The molecule has 2 aromatic heterocycles. The number of hydrogen-bond acceptors (Lipinski definition) is 4. The van der Waals surface area contributed by atoms with Crippen LogP contribution in [-0.4, -0.2) is 39.9 Å². The lowest BCUT2D eigenvalue weighted by atomic mass is 9.91. The third-order valence-electron chi connectivity index (χ3n) is 5.41. The van der Waals surface area contributed by atoms with Gasteiger partial charge in [-0.1, -0.05) is 18.2 Å². The number of halogens is 2. The Labute approximate surface area is 183 Å². The predicted molar refractivity (Wildman–Crippen MR) is 122 cm³/mol. The van der Waals surface area contributed by atoms with Crippen LogP contribution >= 0.6 is 24.8 Å². The molecule has 0 saturated carbocycles. The Morgan fingerprint density at radius 3 is 2.62 bits per heavy atom. The molecule has 2 unspecified atom stereocenters. The molecule has 2 atom stereocenters. The average Bonchev–Trinajstić information content (AvgIpc) is 2.73. The van der Waals surface area contributed by atoms with E-state index in [2.05, 4.69) is 4.98 Å². The highest BCUT2D eigenvalue weighted by atomic mass is 35.5. The second-order valence-electron chi connectivity index (χ2n) is 7.32. The molecule has 0 aliphatic carbocycles. The van der Waals surface area contributed by atoms with Gasteiger partial charge in [-0.2, -0.15) is 0 Å². The van der Waals surface area contributed by atoms with Crippen molar-refractivity contribution in [3.63, 3.8) is 0 Å². The van der Waals surface area contributed by atoms with E-state index >= 15 is 0 Å². The van der Waals surface area contributed by atoms with Crippen molar-refractivity contribution in [2.45, 2.75) is 25.8 Å². The largest absolute Gasteiger partial charge is 0.338 e.